The lowest BCUT2D eigenvalue weighted by atomic mass is 10.0. The molecule has 0 aliphatic carbocycles. The molecule has 1 rings (SSSR count). The largest absolute Gasteiger partial charge is 0.444 e. The van der Waals surface area contributed by atoms with Crippen LogP contribution in [0.15, 0.2) is 29.4 Å². The lowest BCUT2D eigenvalue weighted by Gasteiger charge is -2.19. The van der Waals surface area contributed by atoms with E-state index in [2.05, 4.69) is 10.5 Å². The molecule has 0 aliphatic heterocycles. The van der Waals surface area contributed by atoms with Crippen molar-refractivity contribution in [2.45, 2.75) is 51.8 Å². The maximum absolute atomic E-state index is 12.8. The number of nitrogens with one attached hydrogen (secondary N) is 1. The minimum absolute atomic E-state index is 0.0114. The third kappa shape index (κ3) is 10.7. The number of alkyl carbamates (subject to hydrolysis) is 1. The summed E-state index contributed by atoms with van der Waals surface area (Å²) >= 11 is 0. The van der Waals surface area contributed by atoms with Crippen LogP contribution in [0.1, 0.15) is 55.3 Å². The lowest BCUT2D eigenvalue weighted by molar-refractivity contribution is -0.137. The summed E-state index contributed by atoms with van der Waals surface area (Å²) < 4.78 is 69.2. The lowest BCUT2D eigenvalue weighted by Crippen LogP contribution is -2.34. The number of nitrogens with zero attached hydrogens (tertiary/aromatic N) is 1. The molecule has 29 heavy (non-hydrogen) atoms. The van der Waals surface area contributed by atoms with Gasteiger partial charge in [0.05, 0.1) is 21.9 Å². The van der Waals surface area contributed by atoms with Crippen LogP contribution in [0.4, 0.5) is 18.0 Å². The molecule has 1 aromatic rings. The molecule has 0 unspecified atom stereocenters. The second kappa shape index (κ2) is 11.6. The van der Waals surface area contributed by atoms with Gasteiger partial charge in [-0.25, -0.2) is 4.79 Å². The number of halogens is 3. The summed E-state index contributed by atoms with van der Waals surface area (Å²) in [5.74, 6) is 0. The van der Waals surface area contributed by atoms with Crippen LogP contribution in [0.3, 0.4) is 0 Å². The average Bonchev–Trinajstić information content (AvgIpc) is 2.63. The Bertz CT molecular complexity index is 746. The normalized spacial score (nSPS) is 14.6. The number of hydrogen-bond acceptors (Lipinski definition) is 5. The number of carbonyl (C=O) groups excluding carboxylic acids is 1. The van der Waals surface area contributed by atoms with Crippen molar-refractivity contribution in [1.82, 2.24) is 5.32 Å². The molecule has 164 valence electrons. The highest BCUT2D eigenvalue weighted by Crippen LogP contribution is 2.29. The van der Waals surface area contributed by atoms with Crippen LogP contribution in [0.5, 0.6) is 0 Å². The van der Waals surface area contributed by atoms with Crippen molar-refractivity contribution in [2.24, 2.45) is 5.16 Å². The summed E-state index contributed by atoms with van der Waals surface area (Å²) in [6.45, 7) is 5.33. The van der Waals surface area contributed by atoms with Crippen molar-refractivity contribution >= 4 is 11.8 Å². The first-order valence-corrected chi connectivity index (χ1v) is 9.15. The number of carbonyl (C=O) groups is 1. The molecule has 1 aromatic carbocycles. The molecule has 0 aliphatic rings. The van der Waals surface area contributed by atoms with E-state index >= 15 is 0 Å². The molecule has 0 heterocycles. The van der Waals surface area contributed by atoms with Gasteiger partial charge in [-0.15, -0.1) is 0 Å². The Labute approximate surface area is 173 Å². The Hall–Kier alpha value is -2.29. The van der Waals surface area contributed by atoms with Gasteiger partial charge in [0.2, 0.25) is 0 Å². The zero-order chi connectivity index (χ0) is 24.4. The van der Waals surface area contributed by atoms with Crippen LogP contribution in [0.2, 0.25) is 0 Å². The average molecular weight is 421 g/mol. The summed E-state index contributed by atoms with van der Waals surface area (Å²) in [6, 6.07) is 4.49. The molecule has 1 amide bonds. The Morgan fingerprint density at radius 2 is 1.83 bits per heavy atom. The third-order valence-electron chi connectivity index (χ3n) is 3.49. The second-order valence-corrected chi connectivity index (χ2v) is 7.18. The monoisotopic (exact) mass is 421 g/mol. The van der Waals surface area contributed by atoms with Gasteiger partial charge < -0.3 is 19.6 Å². The number of methoxy groups -OCH3 is 1. The number of rotatable bonds is 10. The van der Waals surface area contributed by atoms with E-state index in [9.17, 15) is 18.0 Å². The maximum atomic E-state index is 12.8. The summed E-state index contributed by atoms with van der Waals surface area (Å²) in [6.07, 6.45) is -3.84. The van der Waals surface area contributed by atoms with Crippen molar-refractivity contribution in [2.75, 3.05) is 26.8 Å². The molecule has 0 fully saturated rings. The molecule has 0 atom stereocenters. The molecular formula is C20H29F3N2O4. The van der Waals surface area contributed by atoms with Gasteiger partial charge in [0.1, 0.15) is 12.2 Å². The molecule has 0 saturated heterocycles. The number of benzene rings is 1. The highest BCUT2D eigenvalue weighted by atomic mass is 19.4. The standard InChI is InChI=1S/C20H29F3N2O4/c1-19(2,3)29-18(26)24-12-14-28-25-17(7-5-6-13-27-4)15-8-10-16(11-9-15)20(21,22)23/h8-11H,5-7,12-14H2,1-4H3,(H,24,26)/b25-17+/i4D3. The fourth-order valence-electron chi connectivity index (χ4n) is 2.20. The van der Waals surface area contributed by atoms with Crippen LogP contribution in [-0.2, 0) is 20.5 Å². The SMILES string of the molecule is [2H]C([2H])([2H])OCCCC/C(=N\OCCNC(=O)OC(C)(C)C)c1ccc(C(F)(F)F)cc1. The van der Waals surface area contributed by atoms with Gasteiger partial charge in [0, 0.05) is 13.6 Å². The molecule has 0 bridgehead atoms. The van der Waals surface area contributed by atoms with E-state index in [1.165, 1.54) is 12.1 Å². The molecular weight excluding hydrogens is 389 g/mol. The molecule has 1 N–H and O–H groups in total. The van der Waals surface area contributed by atoms with Crippen LogP contribution < -0.4 is 5.32 Å². The number of ether oxygens (including phenoxy) is 2. The minimum atomic E-state index is -4.45. The van der Waals surface area contributed by atoms with Crippen LogP contribution in [0, 0.1) is 0 Å². The Morgan fingerprint density at radius 3 is 2.41 bits per heavy atom. The molecule has 0 radical (unpaired) electrons. The van der Waals surface area contributed by atoms with E-state index in [1.807, 2.05) is 0 Å². The number of oxime groups is 1. The smallest absolute Gasteiger partial charge is 0.416 e. The minimum Gasteiger partial charge on any atom is -0.444 e. The first-order chi connectivity index (χ1) is 14.7. The maximum Gasteiger partial charge on any atom is 0.416 e. The van der Waals surface area contributed by atoms with Crippen molar-refractivity contribution in [3.05, 3.63) is 35.4 Å². The van der Waals surface area contributed by atoms with Crippen LogP contribution >= 0.6 is 0 Å². The van der Waals surface area contributed by atoms with E-state index < -0.39 is 30.5 Å². The van der Waals surface area contributed by atoms with E-state index in [-0.39, 0.29) is 19.8 Å². The number of alkyl halides is 3. The number of hydrogen-bond donors (Lipinski definition) is 1. The van der Waals surface area contributed by atoms with Crippen molar-refractivity contribution < 1.29 is 36.4 Å². The van der Waals surface area contributed by atoms with Gasteiger partial charge in [-0.2, -0.15) is 13.2 Å². The summed E-state index contributed by atoms with van der Waals surface area (Å²) in [5, 5.41) is 6.50. The Kier molecular flexibility index (Phi) is 8.03. The first-order valence-electron chi connectivity index (χ1n) is 10.6. The predicted molar refractivity (Wildman–Crippen MR) is 104 cm³/mol. The predicted octanol–water partition coefficient (Wildman–Crippen LogP) is 4.77. The van der Waals surface area contributed by atoms with Gasteiger partial charge in [-0.3, -0.25) is 0 Å². The quantitative estimate of drug-likeness (QED) is 0.336. The van der Waals surface area contributed by atoms with Gasteiger partial charge >= 0.3 is 12.3 Å². The summed E-state index contributed by atoms with van der Waals surface area (Å²) in [7, 11) is -2.48. The topological polar surface area (TPSA) is 69.2 Å². The highest BCUT2D eigenvalue weighted by molar-refractivity contribution is 6.00. The third-order valence-corrected chi connectivity index (χ3v) is 3.49. The van der Waals surface area contributed by atoms with Gasteiger partial charge in [0.15, 0.2) is 0 Å². The van der Waals surface area contributed by atoms with E-state index in [0.29, 0.717) is 30.5 Å². The van der Waals surface area contributed by atoms with Gasteiger partial charge in [-0.1, -0.05) is 17.3 Å². The van der Waals surface area contributed by atoms with Crippen molar-refractivity contribution in [3.8, 4) is 0 Å². The summed E-state index contributed by atoms with van der Waals surface area (Å²) in [4.78, 5) is 16.8. The van der Waals surface area contributed by atoms with E-state index in [1.54, 1.807) is 20.8 Å². The van der Waals surface area contributed by atoms with E-state index in [4.69, 9.17) is 18.4 Å². The van der Waals surface area contributed by atoms with Crippen LogP contribution in [0.25, 0.3) is 0 Å². The Balaban J connectivity index is 2.67. The molecule has 9 heteroatoms. The molecule has 0 saturated carbocycles. The Morgan fingerprint density at radius 1 is 1.14 bits per heavy atom. The molecule has 0 aromatic heterocycles. The van der Waals surface area contributed by atoms with Gasteiger partial charge in [0.25, 0.3) is 0 Å². The van der Waals surface area contributed by atoms with Gasteiger partial charge in [-0.05, 0) is 57.7 Å². The zero-order valence-corrected chi connectivity index (χ0v) is 16.8. The highest BCUT2D eigenvalue weighted by Gasteiger charge is 2.30. The fraction of sp³-hybridized carbons (Fsp3) is 0.600. The molecule has 0 spiro atoms. The van der Waals surface area contributed by atoms with Crippen molar-refractivity contribution in [1.29, 1.82) is 0 Å². The van der Waals surface area contributed by atoms with E-state index in [0.717, 1.165) is 12.1 Å². The first kappa shape index (κ1) is 20.0. The fourth-order valence-corrected chi connectivity index (χ4v) is 2.20. The number of amides is 1. The summed E-state index contributed by atoms with van der Waals surface area (Å²) in [5.41, 5.74) is -0.587. The second-order valence-electron chi connectivity index (χ2n) is 7.18. The molecule has 6 nitrogen and oxygen atoms in total. The zero-order valence-electron chi connectivity index (χ0n) is 19.8. The van der Waals surface area contributed by atoms with Crippen LogP contribution in [-0.4, -0.2) is 44.2 Å². The number of unbranched alkanes of at least 4 members (excludes halogenated alkanes) is 1. The van der Waals surface area contributed by atoms with Crippen molar-refractivity contribution in [3.63, 3.8) is 0 Å².